The first-order chi connectivity index (χ1) is 5.79. The maximum atomic E-state index is 10.9. The molecule has 1 aromatic carbocycles. The highest BCUT2D eigenvalue weighted by molar-refractivity contribution is 8.07. The minimum absolute atomic E-state index is 0.783. The topological polar surface area (TPSA) is 34.9 Å². The smallest absolute Gasteiger partial charge is 0.223 e. The molecule has 0 aliphatic carbocycles. The van der Waals surface area contributed by atoms with Crippen molar-refractivity contribution in [2.45, 2.75) is 0 Å². The van der Waals surface area contributed by atoms with Crippen molar-refractivity contribution in [1.82, 2.24) is 8.96 Å². The van der Waals surface area contributed by atoms with Crippen molar-refractivity contribution in [3.63, 3.8) is 0 Å². The van der Waals surface area contributed by atoms with Crippen LogP contribution in [0.4, 0.5) is 0 Å². The Balaban J connectivity index is 2.79. The van der Waals surface area contributed by atoms with Crippen molar-refractivity contribution in [1.29, 1.82) is 0 Å². The Hall–Kier alpha value is -0.870. The maximum Gasteiger partial charge on any atom is 0.223 e. The van der Waals surface area contributed by atoms with Crippen LogP contribution in [0.2, 0.25) is 0 Å². The van der Waals surface area contributed by atoms with E-state index < -0.39 is 10.2 Å². The first kappa shape index (κ1) is 7.76. The van der Waals surface area contributed by atoms with Crippen molar-refractivity contribution in [3.8, 4) is 0 Å². The van der Waals surface area contributed by atoms with Gasteiger partial charge in [-0.25, -0.2) is 13.2 Å². The van der Waals surface area contributed by atoms with Crippen molar-refractivity contribution in [2.75, 3.05) is 0 Å². The highest BCUT2D eigenvalue weighted by Gasteiger charge is 2.03. The van der Waals surface area contributed by atoms with Gasteiger partial charge in [-0.3, -0.25) is 0 Å². The summed E-state index contributed by atoms with van der Waals surface area (Å²) in [6, 6.07) is 7.39. The summed E-state index contributed by atoms with van der Waals surface area (Å²) < 4.78 is 12.3. The van der Waals surface area contributed by atoms with Crippen LogP contribution >= 0.6 is 10.7 Å². The third kappa shape index (κ3) is 1.13. The molecule has 0 saturated heterocycles. The largest absolute Gasteiger partial charge is 0.236 e. The van der Waals surface area contributed by atoms with Gasteiger partial charge < -0.3 is 0 Å². The number of imidazole rings is 1. The second kappa shape index (κ2) is 2.88. The van der Waals surface area contributed by atoms with Gasteiger partial charge in [0, 0.05) is 10.7 Å². The Morgan fingerprint density at radius 3 is 2.92 bits per heavy atom. The molecular weight excluding hydrogens is 196 g/mol. The zero-order valence-corrected chi connectivity index (χ0v) is 7.55. The molecule has 1 heterocycles. The molecule has 5 heteroatoms. The average Bonchev–Trinajstić information content (AvgIpc) is 2.47. The van der Waals surface area contributed by atoms with E-state index in [1.807, 2.05) is 24.3 Å². The summed E-state index contributed by atoms with van der Waals surface area (Å²) in [5.74, 6) is 0. The predicted octanol–water partition coefficient (Wildman–Crippen LogP) is 1.70. The Kier molecular flexibility index (Phi) is 1.86. The molecule has 1 aromatic heterocycles. The van der Waals surface area contributed by atoms with Crippen LogP contribution in [-0.4, -0.2) is 13.2 Å². The lowest BCUT2D eigenvalue weighted by Crippen LogP contribution is -1.93. The first-order valence-corrected chi connectivity index (χ1v) is 5.23. The van der Waals surface area contributed by atoms with Gasteiger partial charge in [0.25, 0.3) is 0 Å². The van der Waals surface area contributed by atoms with Crippen LogP contribution in [0.15, 0.2) is 30.6 Å². The number of aromatic nitrogens is 2. The van der Waals surface area contributed by atoms with E-state index in [0.29, 0.717) is 0 Å². The van der Waals surface area contributed by atoms with E-state index in [2.05, 4.69) is 4.98 Å². The normalized spacial score (nSPS) is 13.4. The number of halogens is 1. The molecule has 0 radical (unpaired) electrons. The number of rotatable bonds is 1. The van der Waals surface area contributed by atoms with Gasteiger partial charge in [0.1, 0.15) is 6.33 Å². The molecule has 3 nitrogen and oxygen atoms in total. The van der Waals surface area contributed by atoms with Crippen molar-refractivity contribution < 1.29 is 4.21 Å². The Bertz CT molecular complexity index is 440. The molecule has 0 unspecified atom stereocenters. The molecule has 0 N–H and O–H groups in total. The van der Waals surface area contributed by atoms with E-state index in [1.165, 1.54) is 10.3 Å². The molecule has 0 bridgehead atoms. The number of para-hydroxylation sites is 2. The van der Waals surface area contributed by atoms with Gasteiger partial charge in [-0.1, -0.05) is 12.1 Å². The van der Waals surface area contributed by atoms with Gasteiger partial charge in [-0.05, 0) is 12.1 Å². The van der Waals surface area contributed by atoms with E-state index in [-0.39, 0.29) is 0 Å². The summed E-state index contributed by atoms with van der Waals surface area (Å²) in [4.78, 5) is 4.03. The van der Waals surface area contributed by atoms with E-state index >= 15 is 0 Å². The maximum absolute atomic E-state index is 10.9. The Morgan fingerprint density at radius 1 is 1.42 bits per heavy atom. The van der Waals surface area contributed by atoms with Crippen molar-refractivity contribution in [3.05, 3.63) is 30.6 Å². The zero-order valence-electron chi connectivity index (χ0n) is 5.98. The van der Waals surface area contributed by atoms with Crippen LogP contribution < -0.4 is 0 Å². The summed E-state index contributed by atoms with van der Waals surface area (Å²) in [5, 5.41) is 0. The van der Waals surface area contributed by atoms with Gasteiger partial charge in [0.15, 0.2) is 0 Å². The van der Waals surface area contributed by atoms with Crippen LogP contribution in [0.25, 0.3) is 11.0 Å². The third-order valence-corrected chi connectivity index (χ3v) is 2.62. The molecule has 0 fully saturated rings. The number of hydrogen-bond donors (Lipinski definition) is 0. The highest BCUT2D eigenvalue weighted by Crippen LogP contribution is 2.13. The molecule has 0 aliphatic rings. The van der Waals surface area contributed by atoms with Crippen LogP contribution in [0.1, 0.15) is 0 Å². The number of fused-ring (bicyclic) bond motifs is 1. The third-order valence-electron chi connectivity index (χ3n) is 1.58. The number of nitrogens with zero attached hydrogens (tertiary/aromatic N) is 2. The summed E-state index contributed by atoms with van der Waals surface area (Å²) >= 11 is 0. The molecule has 12 heavy (non-hydrogen) atoms. The molecule has 0 saturated carbocycles. The SMILES string of the molecule is O=[S@@](Cl)n1cnc2ccccc21. The second-order valence-corrected chi connectivity index (χ2v) is 3.86. The van der Waals surface area contributed by atoms with E-state index in [0.717, 1.165) is 11.0 Å². The lowest BCUT2D eigenvalue weighted by atomic mass is 10.3. The minimum atomic E-state index is -1.55. The lowest BCUT2D eigenvalue weighted by molar-refractivity contribution is 0.687. The molecule has 1 atom stereocenters. The summed E-state index contributed by atoms with van der Waals surface area (Å²) in [7, 11) is 3.87. The fraction of sp³-hybridized carbons (Fsp3) is 0. The fourth-order valence-corrected chi connectivity index (χ4v) is 1.81. The Labute approximate surface area is 76.1 Å². The first-order valence-electron chi connectivity index (χ1n) is 3.29. The number of benzene rings is 1. The standard InChI is InChI=1S/C7H5ClN2OS/c8-12(11)10-5-9-6-3-1-2-4-7(6)10/h1-5H/t12-/m0/s1. The van der Waals surface area contributed by atoms with Crippen LogP contribution in [0.3, 0.4) is 0 Å². The van der Waals surface area contributed by atoms with Gasteiger partial charge in [-0.2, -0.15) is 0 Å². The minimum Gasteiger partial charge on any atom is -0.236 e. The molecule has 0 amide bonds. The van der Waals surface area contributed by atoms with E-state index in [9.17, 15) is 4.21 Å². The van der Waals surface area contributed by atoms with Crippen molar-refractivity contribution in [2.24, 2.45) is 0 Å². The van der Waals surface area contributed by atoms with E-state index in [1.54, 1.807) is 0 Å². The molecule has 0 spiro atoms. The fourth-order valence-electron chi connectivity index (χ4n) is 1.05. The van der Waals surface area contributed by atoms with Crippen LogP contribution in [-0.2, 0) is 10.2 Å². The van der Waals surface area contributed by atoms with Gasteiger partial charge >= 0.3 is 0 Å². The summed E-state index contributed by atoms with van der Waals surface area (Å²) in [5.41, 5.74) is 1.58. The van der Waals surface area contributed by atoms with Gasteiger partial charge in [-0.15, -0.1) is 0 Å². The second-order valence-electron chi connectivity index (χ2n) is 2.27. The Morgan fingerprint density at radius 2 is 2.17 bits per heavy atom. The predicted molar refractivity (Wildman–Crippen MR) is 49.1 cm³/mol. The molecule has 2 rings (SSSR count). The average molecular weight is 201 g/mol. The van der Waals surface area contributed by atoms with Crippen LogP contribution in [0, 0.1) is 0 Å². The van der Waals surface area contributed by atoms with E-state index in [4.69, 9.17) is 10.7 Å². The van der Waals surface area contributed by atoms with Crippen molar-refractivity contribution >= 4 is 31.9 Å². The molecular formula is C7H5ClN2OS. The monoisotopic (exact) mass is 200 g/mol. The summed E-state index contributed by atoms with van der Waals surface area (Å²) in [6.07, 6.45) is 1.47. The summed E-state index contributed by atoms with van der Waals surface area (Å²) in [6.45, 7) is 0. The lowest BCUT2D eigenvalue weighted by Gasteiger charge is -1.93. The van der Waals surface area contributed by atoms with Gasteiger partial charge in [0.05, 0.1) is 11.0 Å². The van der Waals surface area contributed by atoms with Gasteiger partial charge in [0.2, 0.25) is 10.2 Å². The number of hydrogen-bond acceptors (Lipinski definition) is 2. The van der Waals surface area contributed by atoms with Crippen LogP contribution in [0.5, 0.6) is 0 Å². The molecule has 2 aromatic rings. The zero-order chi connectivity index (χ0) is 8.55. The molecule has 0 aliphatic heterocycles. The molecule has 62 valence electrons. The quantitative estimate of drug-likeness (QED) is 0.657. The highest BCUT2D eigenvalue weighted by atomic mass is 35.7.